The van der Waals surface area contributed by atoms with Gasteiger partial charge in [0, 0.05) is 112 Å². The minimum atomic E-state index is -1.69. The van der Waals surface area contributed by atoms with Gasteiger partial charge in [-0.25, -0.2) is 4.79 Å². The first-order valence-electron chi connectivity index (χ1n) is 12.5. The van der Waals surface area contributed by atoms with Crippen LogP contribution in [0, 0.1) is 117 Å². The van der Waals surface area contributed by atoms with Gasteiger partial charge in [0.15, 0.2) is 11.9 Å². The van der Waals surface area contributed by atoms with Gasteiger partial charge in [0.25, 0.3) is 0 Å². The number of carbonyl (C=O) groups is 2. The summed E-state index contributed by atoms with van der Waals surface area (Å²) in [7, 11) is 0. The summed E-state index contributed by atoms with van der Waals surface area (Å²) < 4.78 is 11.2. The van der Waals surface area contributed by atoms with Crippen LogP contribution in [0.25, 0.3) is 0 Å². The molecule has 0 aromatic heterocycles. The van der Waals surface area contributed by atoms with Crippen molar-refractivity contribution in [2.45, 2.75) is 103 Å². The molecule has 1 aliphatic heterocycles. The molecule has 1 saturated heterocycles. The van der Waals surface area contributed by atoms with Crippen LogP contribution in [0.5, 0.6) is 0 Å². The maximum atomic E-state index is 14.0. The van der Waals surface area contributed by atoms with Crippen LogP contribution < -0.4 is 0 Å². The summed E-state index contributed by atoms with van der Waals surface area (Å²) >= 11 is 0. The van der Waals surface area contributed by atoms with Crippen molar-refractivity contribution in [3.8, 4) is 0 Å². The van der Waals surface area contributed by atoms with Gasteiger partial charge in [-0.15, -0.1) is 0 Å². The number of carbonyl (C=O) groups excluding carboxylic acids is 2. The van der Waals surface area contributed by atoms with E-state index in [0.717, 1.165) is 0 Å². The van der Waals surface area contributed by atoms with Gasteiger partial charge in [-0.05, 0) is 36.8 Å². The Bertz CT molecular complexity index is 968. The number of ether oxygens (including phenoxy) is 2. The summed E-state index contributed by atoms with van der Waals surface area (Å²) in [6.07, 6.45) is -5.94. The van der Waals surface area contributed by atoms with E-state index in [0.29, 0.717) is 5.57 Å². The molecular formula is C26H40Ac2O9. The summed E-state index contributed by atoms with van der Waals surface area (Å²) in [5.74, 6) is -3.56. The largest absolute Gasteiger partial charge is 0.456 e. The average Bonchev–Trinajstić information content (AvgIpc) is 2.76. The monoisotopic (exact) mass is 950 g/mol. The molecule has 4 aliphatic rings. The summed E-state index contributed by atoms with van der Waals surface area (Å²) in [6, 6.07) is 0. The Labute approximate surface area is 290 Å². The smallest absolute Gasteiger partial charge is 0.335 e. The average molecular weight is 951 g/mol. The summed E-state index contributed by atoms with van der Waals surface area (Å²) in [6.45, 7) is 11.7. The second-order valence-corrected chi connectivity index (χ2v) is 12.3. The van der Waals surface area contributed by atoms with E-state index in [-0.39, 0.29) is 119 Å². The van der Waals surface area contributed by atoms with Crippen LogP contribution in [-0.4, -0.2) is 85.6 Å². The number of Topliss-reactive ketones (excluding diaryl/α,β-unsaturated/α-hetero) is 1. The quantitative estimate of drug-likeness (QED) is 0.201. The predicted molar refractivity (Wildman–Crippen MR) is 124 cm³/mol. The number of ketones is 1. The Morgan fingerprint density at radius 3 is 2.19 bits per heavy atom. The standard InChI is InChI=1S/C26H40O9.2Ac/c1-11(2)18(28)22(31)35-14-9-26(33)13(4)20-24(7,15(27)8-16-25(20,32)10-34-16)21(30)19(29)17(12(14)3)23(26,5)6;;/h11,13-16,18-20,27-29,32-33H,8-10H2,1-7H3;;/t13-,14?,15?,16?,18?,19?,20?,24+,25?,26?;;/m0../s1. The summed E-state index contributed by atoms with van der Waals surface area (Å²) in [4.78, 5) is 26.6. The second kappa shape index (κ2) is 11.3. The van der Waals surface area contributed by atoms with Crippen LogP contribution >= 0.6 is 0 Å². The van der Waals surface area contributed by atoms with Gasteiger partial charge in [-0.3, -0.25) is 4.79 Å². The van der Waals surface area contributed by atoms with Crippen molar-refractivity contribution in [3.05, 3.63) is 11.1 Å². The third kappa shape index (κ3) is 4.78. The number of aliphatic hydroxyl groups is 5. The molecule has 11 heteroatoms. The maximum absolute atomic E-state index is 14.0. The molecule has 2 radical (unpaired) electrons. The zero-order valence-corrected chi connectivity index (χ0v) is 32.3. The molecule has 0 aromatic carbocycles. The fourth-order valence-corrected chi connectivity index (χ4v) is 7.59. The Balaban J connectivity index is 0.00000241. The second-order valence-electron chi connectivity index (χ2n) is 12.3. The van der Waals surface area contributed by atoms with Crippen molar-refractivity contribution in [1.82, 2.24) is 0 Å². The fourth-order valence-electron chi connectivity index (χ4n) is 7.59. The molecule has 0 spiro atoms. The molecule has 10 atom stereocenters. The van der Waals surface area contributed by atoms with E-state index in [1.54, 1.807) is 48.5 Å². The van der Waals surface area contributed by atoms with Gasteiger partial charge >= 0.3 is 5.97 Å². The molecule has 0 aromatic rings. The molecule has 0 amide bonds. The molecule has 9 nitrogen and oxygen atoms in total. The van der Waals surface area contributed by atoms with Crippen LogP contribution in [0.1, 0.15) is 61.3 Å². The normalized spacial score (nSPS) is 45.2. The van der Waals surface area contributed by atoms with Gasteiger partial charge in [0.05, 0.1) is 29.8 Å². The molecule has 4 rings (SSSR count). The van der Waals surface area contributed by atoms with Crippen LogP contribution in [0.2, 0.25) is 0 Å². The first-order chi connectivity index (χ1) is 16.0. The van der Waals surface area contributed by atoms with Crippen molar-refractivity contribution in [3.63, 3.8) is 0 Å². The Kier molecular flexibility index (Phi) is 10.6. The van der Waals surface area contributed by atoms with E-state index in [4.69, 9.17) is 9.47 Å². The van der Waals surface area contributed by atoms with Crippen molar-refractivity contribution < 1.29 is 133 Å². The predicted octanol–water partition coefficient (Wildman–Crippen LogP) is 0.489. The van der Waals surface area contributed by atoms with E-state index in [1.165, 1.54) is 0 Å². The molecular weight excluding hydrogens is 910 g/mol. The Morgan fingerprint density at radius 2 is 1.70 bits per heavy atom. The number of rotatable bonds is 3. The van der Waals surface area contributed by atoms with Gasteiger partial charge in [0.2, 0.25) is 0 Å². The zero-order chi connectivity index (χ0) is 26.5. The van der Waals surface area contributed by atoms with Crippen LogP contribution in [0.15, 0.2) is 11.1 Å². The van der Waals surface area contributed by atoms with Gasteiger partial charge in [-0.2, -0.15) is 0 Å². The number of hydrogen-bond donors (Lipinski definition) is 5. The van der Waals surface area contributed by atoms with E-state index in [1.807, 2.05) is 0 Å². The van der Waals surface area contributed by atoms with Gasteiger partial charge < -0.3 is 35.0 Å². The van der Waals surface area contributed by atoms with Crippen molar-refractivity contribution in [2.24, 2.45) is 28.6 Å². The number of aliphatic hydroxyl groups excluding tert-OH is 3. The number of hydrogen-bond acceptors (Lipinski definition) is 9. The van der Waals surface area contributed by atoms with Crippen LogP contribution in [0.3, 0.4) is 0 Å². The van der Waals surface area contributed by atoms with E-state index < -0.39 is 76.1 Å². The first kappa shape index (κ1) is 34.7. The number of esters is 1. The van der Waals surface area contributed by atoms with Crippen molar-refractivity contribution >= 4 is 11.8 Å². The topological polar surface area (TPSA) is 154 Å². The molecule has 5 N–H and O–H groups in total. The minimum Gasteiger partial charge on any atom is -0.456 e. The number of fused-ring (bicyclic) bond motifs is 5. The third-order valence-electron chi connectivity index (χ3n) is 9.98. The molecule has 1 heterocycles. The first-order valence-corrected chi connectivity index (χ1v) is 12.5. The zero-order valence-electron chi connectivity index (χ0n) is 22.8. The van der Waals surface area contributed by atoms with E-state index >= 15 is 0 Å². The molecule has 8 unspecified atom stereocenters. The third-order valence-corrected chi connectivity index (χ3v) is 9.98. The van der Waals surface area contributed by atoms with Gasteiger partial charge in [0.1, 0.15) is 17.8 Å². The van der Waals surface area contributed by atoms with Crippen LogP contribution in [0.4, 0.5) is 0 Å². The van der Waals surface area contributed by atoms with Crippen molar-refractivity contribution in [1.29, 1.82) is 0 Å². The van der Waals surface area contributed by atoms with Crippen LogP contribution in [-0.2, 0) is 19.1 Å². The van der Waals surface area contributed by atoms with Gasteiger partial charge in [-0.1, -0.05) is 34.6 Å². The maximum Gasteiger partial charge on any atom is 0.335 e. The molecule has 2 saturated carbocycles. The summed E-state index contributed by atoms with van der Waals surface area (Å²) in [5, 5.41) is 56.9. The van der Waals surface area contributed by atoms with E-state index in [9.17, 15) is 35.1 Å². The molecule has 2 bridgehead atoms. The van der Waals surface area contributed by atoms with E-state index in [2.05, 4.69) is 0 Å². The molecule has 204 valence electrons. The summed E-state index contributed by atoms with van der Waals surface area (Å²) in [5.41, 5.74) is -5.11. The molecule has 3 aliphatic carbocycles. The minimum absolute atomic E-state index is 0. The Hall–Kier alpha value is 1.52. The fraction of sp³-hybridized carbons (Fsp3) is 0.846. The SMILES string of the molecule is CC1=C2C(O)C(=O)[C@]3(C)C(O)CC4OCC4(O)C3[C@H](C)C(O)(CC1OC(=O)C(O)C(C)C)C2(C)C.[Ac].[Ac]. The molecule has 3 fully saturated rings. The Morgan fingerprint density at radius 1 is 1.14 bits per heavy atom. The molecule has 37 heavy (non-hydrogen) atoms. The van der Waals surface area contributed by atoms with Crippen molar-refractivity contribution in [2.75, 3.05) is 6.61 Å².